The van der Waals surface area contributed by atoms with E-state index < -0.39 is 12.1 Å². The van der Waals surface area contributed by atoms with Gasteiger partial charge in [-0.2, -0.15) is 5.10 Å². The van der Waals surface area contributed by atoms with Gasteiger partial charge in [0, 0.05) is 25.0 Å². The Morgan fingerprint density at radius 3 is 2.84 bits per heavy atom. The van der Waals surface area contributed by atoms with E-state index in [0.29, 0.717) is 25.9 Å². The topological polar surface area (TPSA) is 90.6 Å². The quantitative estimate of drug-likeness (QED) is 0.621. The van der Waals surface area contributed by atoms with Gasteiger partial charge in [0.05, 0.1) is 11.7 Å². The molecule has 1 aliphatic rings. The second-order valence-corrected chi connectivity index (χ2v) is 8.39. The first-order valence-corrected chi connectivity index (χ1v) is 10.9. The minimum Gasteiger partial charge on any atom is -0.445 e. The van der Waals surface area contributed by atoms with Crippen LogP contribution in [0.15, 0.2) is 48.7 Å². The first-order chi connectivity index (χ1) is 15.5. The van der Waals surface area contributed by atoms with Crippen LogP contribution < -0.4 is 5.32 Å². The molecule has 0 spiro atoms. The van der Waals surface area contributed by atoms with Crippen LogP contribution in [0.4, 0.5) is 4.79 Å². The minimum absolute atomic E-state index is 0.0883. The Morgan fingerprint density at radius 1 is 1.25 bits per heavy atom. The van der Waals surface area contributed by atoms with Crippen molar-refractivity contribution in [2.24, 2.45) is 0 Å². The molecule has 8 heteroatoms. The van der Waals surface area contributed by atoms with E-state index in [1.165, 1.54) is 5.56 Å². The largest absolute Gasteiger partial charge is 0.445 e. The number of aromatic amines is 1. The first-order valence-electron chi connectivity index (χ1n) is 10.9. The van der Waals surface area contributed by atoms with Gasteiger partial charge in [-0.25, -0.2) is 4.79 Å². The number of ether oxygens (including phenoxy) is 1. The average molecular weight is 436 g/mol. The molecule has 8 nitrogen and oxygen atoms in total. The van der Waals surface area contributed by atoms with Gasteiger partial charge >= 0.3 is 6.09 Å². The smallest absolute Gasteiger partial charge is 0.408 e. The number of nitrogens with zero attached hydrogens (tertiary/aromatic N) is 3. The zero-order valence-electron chi connectivity index (χ0n) is 18.5. The molecule has 4 rings (SSSR count). The van der Waals surface area contributed by atoms with E-state index in [0.717, 1.165) is 28.6 Å². The molecule has 2 heterocycles. The predicted octanol–water partition coefficient (Wildman–Crippen LogP) is 2.69. The van der Waals surface area contributed by atoms with Crippen molar-refractivity contribution in [1.82, 2.24) is 25.3 Å². The van der Waals surface area contributed by atoms with E-state index >= 15 is 0 Å². The summed E-state index contributed by atoms with van der Waals surface area (Å²) in [6.07, 6.45) is 2.44. The Balaban J connectivity index is 1.51. The van der Waals surface area contributed by atoms with E-state index in [-0.39, 0.29) is 12.5 Å². The number of hydrogen-bond acceptors (Lipinski definition) is 5. The second-order valence-electron chi connectivity index (χ2n) is 8.39. The lowest BCUT2D eigenvalue weighted by Gasteiger charge is -2.32. The number of aryl methyl sites for hydroxylation is 1. The summed E-state index contributed by atoms with van der Waals surface area (Å²) in [5, 5.41) is 11.0. The van der Waals surface area contributed by atoms with Crippen LogP contribution >= 0.6 is 0 Å². The summed E-state index contributed by atoms with van der Waals surface area (Å²) in [6.45, 7) is 1.94. The number of rotatable bonds is 6. The summed E-state index contributed by atoms with van der Waals surface area (Å²) in [7, 11) is 3.96. The van der Waals surface area contributed by atoms with Crippen molar-refractivity contribution in [3.63, 3.8) is 0 Å². The maximum Gasteiger partial charge on any atom is 0.408 e. The Hall–Kier alpha value is -3.39. The Bertz CT molecular complexity index is 1080. The van der Waals surface area contributed by atoms with Gasteiger partial charge in [0.25, 0.3) is 0 Å². The third kappa shape index (κ3) is 5.08. The van der Waals surface area contributed by atoms with Gasteiger partial charge in [-0.15, -0.1) is 0 Å². The second kappa shape index (κ2) is 9.82. The van der Waals surface area contributed by atoms with Crippen LogP contribution in [0, 0.1) is 0 Å². The highest BCUT2D eigenvalue weighted by atomic mass is 16.5. The molecule has 2 aromatic carbocycles. The fourth-order valence-electron chi connectivity index (χ4n) is 4.01. The van der Waals surface area contributed by atoms with Crippen molar-refractivity contribution in [3.8, 4) is 0 Å². The lowest BCUT2D eigenvalue weighted by Crippen LogP contribution is -2.50. The molecule has 0 saturated heterocycles. The lowest BCUT2D eigenvalue weighted by molar-refractivity contribution is -0.134. The molecule has 0 unspecified atom stereocenters. The summed E-state index contributed by atoms with van der Waals surface area (Å²) in [6, 6.07) is 13.0. The lowest BCUT2D eigenvalue weighted by atomic mass is 9.94. The molecule has 1 atom stereocenters. The number of hydrogen-bond donors (Lipinski definition) is 2. The highest BCUT2D eigenvalue weighted by Crippen LogP contribution is 2.26. The van der Waals surface area contributed by atoms with Crippen molar-refractivity contribution in [2.75, 3.05) is 27.2 Å². The number of H-pyrrole nitrogens is 1. The standard InChI is InChI=1S/C24H29N5O3/c1-28(2)12-13-29-15-20-18(8-10-21-19(20)14-25-27-21)9-11-22(23(29)30)26-24(31)32-16-17-6-4-3-5-7-17/h3-8,10,14,22H,9,11-13,15-16H2,1-2H3,(H,25,27)(H,26,31)/t22-/m1/s1. The van der Waals surface area contributed by atoms with Gasteiger partial charge in [0.15, 0.2) is 0 Å². The Morgan fingerprint density at radius 2 is 2.06 bits per heavy atom. The Labute approximate surface area is 187 Å². The maximum absolute atomic E-state index is 13.4. The molecular formula is C24H29N5O3. The average Bonchev–Trinajstić information content (AvgIpc) is 3.27. The molecule has 3 aromatic rings. The maximum atomic E-state index is 13.4. The fraction of sp³-hybridized carbons (Fsp3) is 0.375. The van der Waals surface area contributed by atoms with Crippen LogP contribution in [-0.2, 0) is 29.1 Å². The number of amides is 2. The van der Waals surface area contributed by atoms with Gasteiger partial charge in [-0.05, 0) is 49.7 Å². The number of carbonyl (C=O) groups is 2. The molecule has 32 heavy (non-hydrogen) atoms. The number of nitrogens with one attached hydrogen (secondary N) is 2. The molecule has 0 saturated carbocycles. The predicted molar refractivity (Wildman–Crippen MR) is 122 cm³/mol. The van der Waals surface area contributed by atoms with E-state index in [1.807, 2.05) is 66.5 Å². The number of benzene rings is 2. The number of likely N-dealkylation sites (N-methyl/N-ethyl adjacent to an activating group) is 1. The van der Waals surface area contributed by atoms with Crippen molar-refractivity contribution in [2.45, 2.75) is 32.0 Å². The van der Waals surface area contributed by atoms with Crippen LogP contribution in [0.3, 0.4) is 0 Å². The summed E-state index contributed by atoms with van der Waals surface area (Å²) in [5.41, 5.74) is 4.15. The van der Waals surface area contributed by atoms with Gasteiger partial charge < -0.3 is 19.9 Å². The normalized spacial score (nSPS) is 16.5. The van der Waals surface area contributed by atoms with E-state index in [4.69, 9.17) is 4.74 Å². The van der Waals surface area contributed by atoms with Crippen molar-refractivity contribution in [1.29, 1.82) is 0 Å². The van der Waals surface area contributed by atoms with Crippen LogP contribution in [0.5, 0.6) is 0 Å². The first kappa shape index (κ1) is 21.8. The van der Waals surface area contributed by atoms with E-state index in [9.17, 15) is 9.59 Å². The zero-order chi connectivity index (χ0) is 22.5. The number of alkyl carbamates (subject to hydrolysis) is 1. The highest BCUT2D eigenvalue weighted by Gasteiger charge is 2.30. The molecule has 2 N–H and O–H groups in total. The molecule has 2 amide bonds. The molecular weight excluding hydrogens is 406 g/mol. The molecule has 0 bridgehead atoms. The SMILES string of the molecule is CN(C)CCN1Cc2c(ccc3[nH]ncc23)CC[C@@H](NC(=O)OCc2ccccc2)C1=O. The molecule has 1 aromatic heterocycles. The van der Waals surface area contributed by atoms with Crippen LogP contribution in [0.25, 0.3) is 10.9 Å². The van der Waals surface area contributed by atoms with E-state index in [2.05, 4.69) is 21.6 Å². The summed E-state index contributed by atoms with van der Waals surface area (Å²) in [5.74, 6) is -0.0883. The van der Waals surface area contributed by atoms with Crippen molar-refractivity contribution < 1.29 is 14.3 Å². The number of fused-ring (bicyclic) bond motifs is 3. The van der Waals surface area contributed by atoms with Crippen LogP contribution in [0.2, 0.25) is 0 Å². The molecule has 168 valence electrons. The van der Waals surface area contributed by atoms with Crippen molar-refractivity contribution >= 4 is 22.9 Å². The molecule has 0 fully saturated rings. The van der Waals surface area contributed by atoms with Crippen molar-refractivity contribution in [3.05, 3.63) is 65.4 Å². The Kier molecular flexibility index (Phi) is 6.70. The third-order valence-electron chi connectivity index (χ3n) is 5.82. The number of carbonyl (C=O) groups excluding carboxylic acids is 2. The molecule has 0 radical (unpaired) electrons. The van der Waals surface area contributed by atoms with Crippen LogP contribution in [0.1, 0.15) is 23.1 Å². The minimum atomic E-state index is -0.631. The number of aromatic nitrogens is 2. The molecule has 0 aliphatic carbocycles. The summed E-state index contributed by atoms with van der Waals surface area (Å²) in [4.78, 5) is 29.8. The zero-order valence-corrected chi connectivity index (χ0v) is 18.5. The van der Waals surface area contributed by atoms with Crippen LogP contribution in [-0.4, -0.2) is 65.2 Å². The van der Waals surface area contributed by atoms with Gasteiger partial charge in [0.1, 0.15) is 12.6 Å². The van der Waals surface area contributed by atoms with Gasteiger partial charge in [-0.1, -0.05) is 36.4 Å². The van der Waals surface area contributed by atoms with Gasteiger partial charge in [0.2, 0.25) is 5.91 Å². The van der Waals surface area contributed by atoms with E-state index in [1.54, 1.807) is 0 Å². The monoisotopic (exact) mass is 435 g/mol. The highest BCUT2D eigenvalue weighted by molar-refractivity contribution is 5.88. The van der Waals surface area contributed by atoms with Gasteiger partial charge in [-0.3, -0.25) is 9.89 Å². The third-order valence-corrected chi connectivity index (χ3v) is 5.82. The molecule has 1 aliphatic heterocycles. The fourth-order valence-corrected chi connectivity index (χ4v) is 4.01. The summed E-state index contributed by atoms with van der Waals surface area (Å²) < 4.78 is 5.36. The summed E-state index contributed by atoms with van der Waals surface area (Å²) >= 11 is 0.